The molecule has 0 saturated heterocycles. The number of carbonyl (C=O) groups excluding carboxylic acids is 1. The summed E-state index contributed by atoms with van der Waals surface area (Å²) in [4.78, 5) is 17.2. The van der Waals surface area contributed by atoms with Gasteiger partial charge in [-0.2, -0.15) is 5.10 Å². The van der Waals surface area contributed by atoms with Gasteiger partial charge in [0.25, 0.3) is 5.91 Å². The van der Waals surface area contributed by atoms with Gasteiger partial charge in [0, 0.05) is 23.2 Å². The molecule has 0 bridgehead atoms. The third kappa shape index (κ3) is 3.50. The number of furan rings is 1. The zero-order chi connectivity index (χ0) is 17.1. The molecule has 0 atom stereocenters. The Bertz CT molecular complexity index is 954. The van der Waals surface area contributed by atoms with Gasteiger partial charge in [0.05, 0.1) is 17.3 Å². The number of carbonyl (C=O) groups is 1. The van der Waals surface area contributed by atoms with E-state index in [1.54, 1.807) is 18.4 Å². The summed E-state index contributed by atoms with van der Waals surface area (Å²) in [5.74, 6) is 0.978. The van der Waals surface area contributed by atoms with Crippen molar-refractivity contribution in [3.63, 3.8) is 0 Å². The van der Waals surface area contributed by atoms with E-state index in [2.05, 4.69) is 15.5 Å². The molecule has 1 saturated carbocycles. The van der Waals surface area contributed by atoms with Crippen molar-refractivity contribution in [2.45, 2.75) is 18.8 Å². The van der Waals surface area contributed by atoms with Crippen LogP contribution in [0.1, 0.15) is 40.6 Å². The number of benzene rings is 1. The zero-order valence-electron chi connectivity index (χ0n) is 13.6. The predicted molar refractivity (Wildman–Crippen MR) is 97.4 cm³/mol. The maximum absolute atomic E-state index is 12.6. The van der Waals surface area contributed by atoms with Crippen molar-refractivity contribution < 1.29 is 9.21 Å². The number of rotatable bonds is 5. The number of hydrazone groups is 1. The first-order valence-corrected chi connectivity index (χ1v) is 8.24. The van der Waals surface area contributed by atoms with Gasteiger partial charge in [-0.3, -0.25) is 9.78 Å². The normalized spacial score (nSPS) is 14.6. The van der Waals surface area contributed by atoms with Crippen LogP contribution in [0.25, 0.3) is 17.0 Å². The second-order valence-electron chi connectivity index (χ2n) is 5.98. The summed E-state index contributed by atoms with van der Waals surface area (Å²) in [6, 6.07) is 13.2. The molecule has 0 aliphatic heterocycles. The molecule has 2 aromatic heterocycles. The average Bonchev–Trinajstić information content (AvgIpc) is 3.37. The van der Waals surface area contributed by atoms with Crippen molar-refractivity contribution in [1.82, 2.24) is 10.4 Å². The Balaban J connectivity index is 1.53. The number of nitrogens with one attached hydrogen (secondary N) is 1. The quantitative estimate of drug-likeness (QED) is 0.564. The standard InChI is InChI=1S/C20H17N3O2/c24-20(23-21-11-3-5-15-6-4-12-25-15)17-13-19(14-9-10-14)22-18-8-2-1-7-16(17)18/h1-8,11-14H,9-10H2,(H,23,24)/b5-3+,21-11-. The highest BCUT2D eigenvalue weighted by Crippen LogP contribution is 2.40. The summed E-state index contributed by atoms with van der Waals surface area (Å²) in [6.45, 7) is 0. The Morgan fingerprint density at radius 1 is 1.24 bits per heavy atom. The molecule has 1 amide bonds. The number of pyridine rings is 1. The van der Waals surface area contributed by atoms with E-state index in [0.29, 0.717) is 11.5 Å². The Morgan fingerprint density at radius 3 is 2.92 bits per heavy atom. The molecule has 1 N–H and O–H groups in total. The van der Waals surface area contributed by atoms with Gasteiger partial charge >= 0.3 is 0 Å². The zero-order valence-corrected chi connectivity index (χ0v) is 13.6. The van der Waals surface area contributed by atoms with E-state index >= 15 is 0 Å². The lowest BCUT2D eigenvalue weighted by Crippen LogP contribution is -2.18. The molecule has 3 aromatic rings. The lowest BCUT2D eigenvalue weighted by Gasteiger charge is -2.07. The van der Waals surface area contributed by atoms with Gasteiger partial charge in [0.1, 0.15) is 5.76 Å². The largest absolute Gasteiger partial charge is 0.465 e. The monoisotopic (exact) mass is 331 g/mol. The molecule has 5 nitrogen and oxygen atoms in total. The van der Waals surface area contributed by atoms with Gasteiger partial charge in [0.15, 0.2) is 0 Å². The van der Waals surface area contributed by atoms with Gasteiger partial charge in [0.2, 0.25) is 0 Å². The number of hydrogen-bond acceptors (Lipinski definition) is 4. The van der Waals surface area contributed by atoms with Crippen molar-refractivity contribution in [3.05, 3.63) is 71.8 Å². The van der Waals surface area contributed by atoms with Crippen LogP contribution in [-0.4, -0.2) is 17.1 Å². The second kappa shape index (κ2) is 6.73. The van der Waals surface area contributed by atoms with E-state index in [9.17, 15) is 4.79 Å². The van der Waals surface area contributed by atoms with Crippen molar-refractivity contribution >= 4 is 29.1 Å². The molecule has 0 unspecified atom stereocenters. The third-order valence-corrected chi connectivity index (χ3v) is 4.11. The van der Waals surface area contributed by atoms with E-state index < -0.39 is 0 Å². The highest BCUT2D eigenvalue weighted by atomic mass is 16.3. The van der Waals surface area contributed by atoms with Crippen LogP contribution in [0.5, 0.6) is 0 Å². The number of nitrogens with zero attached hydrogens (tertiary/aromatic N) is 2. The lowest BCUT2D eigenvalue weighted by atomic mass is 10.1. The molecule has 4 rings (SSSR count). The Morgan fingerprint density at radius 2 is 2.12 bits per heavy atom. The molecular formula is C20H17N3O2. The van der Waals surface area contributed by atoms with Crippen molar-refractivity contribution in [2.24, 2.45) is 5.10 Å². The fourth-order valence-corrected chi connectivity index (χ4v) is 2.70. The predicted octanol–water partition coefficient (Wildman–Crippen LogP) is 4.13. The Kier molecular flexibility index (Phi) is 4.12. The van der Waals surface area contributed by atoms with Crippen LogP contribution in [-0.2, 0) is 0 Å². The summed E-state index contributed by atoms with van der Waals surface area (Å²) in [7, 11) is 0. The summed E-state index contributed by atoms with van der Waals surface area (Å²) >= 11 is 0. The fourth-order valence-electron chi connectivity index (χ4n) is 2.70. The number of allylic oxidation sites excluding steroid dienone is 1. The van der Waals surface area contributed by atoms with Crippen molar-refractivity contribution in [1.29, 1.82) is 0 Å². The van der Waals surface area contributed by atoms with E-state index in [4.69, 9.17) is 4.42 Å². The average molecular weight is 331 g/mol. The summed E-state index contributed by atoms with van der Waals surface area (Å²) in [6.07, 6.45) is 8.88. The minimum Gasteiger partial charge on any atom is -0.465 e. The van der Waals surface area contributed by atoms with Gasteiger partial charge < -0.3 is 4.42 Å². The number of fused-ring (bicyclic) bond motifs is 1. The summed E-state index contributed by atoms with van der Waals surface area (Å²) < 4.78 is 5.18. The van der Waals surface area contributed by atoms with Crippen LogP contribution in [0, 0.1) is 0 Å². The molecule has 2 heterocycles. The summed E-state index contributed by atoms with van der Waals surface area (Å²) in [5.41, 5.74) is 5.03. The van der Waals surface area contributed by atoms with Crippen LogP contribution in [0.15, 0.2) is 64.3 Å². The molecule has 0 spiro atoms. The first kappa shape index (κ1) is 15.3. The topological polar surface area (TPSA) is 67.5 Å². The van der Waals surface area contributed by atoms with Crippen molar-refractivity contribution in [2.75, 3.05) is 0 Å². The SMILES string of the molecule is O=C(N/N=C\C=C\c1ccco1)c1cc(C2CC2)nc2ccccc12. The first-order valence-electron chi connectivity index (χ1n) is 8.24. The molecule has 25 heavy (non-hydrogen) atoms. The molecule has 5 heteroatoms. The number of aromatic nitrogens is 1. The van der Waals surface area contributed by atoms with Crippen molar-refractivity contribution in [3.8, 4) is 0 Å². The molecule has 1 fully saturated rings. The number of para-hydroxylation sites is 1. The maximum atomic E-state index is 12.6. The van der Waals surface area contributed by atoms with Gasteiger partial charge in [-0.05, 0) is 49.3 Å². The Labute approximate surface area is 145 Å². The number of amides is 1. The fraction of sp³-hybridized carbons (Fsp3) is 0.150. The van der Waals surface area contributed by atoms with E-state index in [-0.39, 0.29) is 5.91 Å². The van der Waals surface area contributed by atoms with E-state index in [1.165, 1.54) is 6.21 Å². The summed E-state index contributed by atoms with van der Waals surface area (Å²) in [5, 5.41) is 4.81. The molecule has 1 aromatic carbocycles. The van der Waals surface area contributed by atoms with Gasteiger partial charge in [-0.25, -0.2) is 5.43 Å². The molecule has 0 radical (unpaired) electrons. The Hall–Kier alpha value is -3.21. The molecular weight excluding hydrogens is 314 g/mol. The van der Waals surface area contributed by atoms with Gasteiger partial charge in [-0.1, -0.05) is 18.2 Å². The van der Waals surface area contributed by atoms with E-state index in [1.807, 2.05) is 42.5 Å². The number of hydrogen-bond donors (Lipinski definition) is 1. The first-order chi connectivity index (χ1) is 12.3. The van der Waals surface area contributed by atoms with Gasteiger partial charge in [-0.15, -0.1) is 0 Å². The molecule has 1 aliphatic rings. The van der Waals surface area contributed by atoms with Crippen LogP contribution in [0.3, 0.4) is 0 Å². The molecule has 1 aliphatic carbocycles. The van der Waals surface area contributed by atoms with Crippen LogP contribution in [0.2, 0.25) is 0 Å². The van der Waals surface area contributed by atoms with Crippen LogP contribution < -0.4 is 5.43 Å². The second-order valence-corrected chi connectivity index (χ2v) is 5.98. The van der Waals surface area contributed by atoms with E-state index in [0.717, 1.165) is 35.2 Å². The third-order valence-electron chi connectivity index (χ3n) is 4.11. The smallest absolute Gasteiger partial charge is 0.272 e. The minimum atomic E-state index is -0.233. The van der Waals surface area contributed by atoms with Crippen LogP contribution >= 0.6 is 0 Å². The minimum absolute atomic E-state index is 0.233. The highest BCUT2D eigenvalue weighted by molar-refractivity contribution is 6.06. The lowest BCUT2D eigenvalue weighted by molar-refractivity contribution is 0.0956. The van der Waals surface area contributed by atoms with Crippen LogP contribution in [0.4, 0.5) is 0 Å². The highest BCUT2D eigenvalue weighted by Gasteiger charge is 2.26. The molecule has 124 valence electrons. The maximum Gasteiger partial charge on any atom is 0.272 e.